The second-order valence-corrected chi connectivity index (χ2v) is 7.04. The molecule has 20 heavy (non-hydrogen) atoms. The van der Waals surface area contributed by atoms with E-state index >= 15 is 0 Å². The fraction of sp³-hybridized carbons (Fsp3) is 0.417. The minimum atomic E-state index is -1.12. The molecule has 1 atom stereocenters. The molecule has 0 saturated heterocycles. The van der Waals surface area contributed by atoms with Gasteiger partial charge >= 0.3 is 0 Å². The lowest BCUT2D eigenvalue weighted by atomic mass is 10.2. The second kappa shape index (κ2) is 5.79. The number of rotatable bonds is 5. The van der Waals surface area contributed by atoms with Crippen molar-refractivity contribution in [3.8, 4) is 0 Å². The zero-order valence-corrected chi connectivity index (χ0v) is 12.8. The first-order chi connectivity index (χ1) is 9.63. The molecule has 1 saturated carbocycles. The third kappa shape index (κ3) is 3.19. The Morgan fingerprint density at radius 2 is 2.10 bits per heavy atom. The number of nitrogens with zero attached hydrogens (tertiary/aromatic N) is 4. The van der Waals surface area contributed by atoms with Crippen LogP contribution in [0.5, 0.6) is 0 Å². The highest BCUT2D eigenvalue weighted by atomic mass is 35.5. The first kappa shape index (κ1) is 14.0. The zero-order valence-electron chi connectivity index (χ0n) is 10.5. The Kier molecular flexibility index (Phi) is 4.05. The predicted octanol–water partition coefficient (Wildman–Crippen LogP) is 2.76. The number of halogens is 2. The summed E-state index contributed by atoms with van der Waals surface area (Å²) < 4.78 is 14.0. The molecule has 1 heterocycles. The number of tetrazole rings is 1. The van der Waals surface area contributed by atoms with Gasteiger partial charge in [0.2, 0.25) is 0 Å². The van der Waals surface area contributed by atoms with Crippen LogP contribution in [0.15, 0.2) is 18.2 Å². The summed E-state index contributed by atoms with van der Waals surface area (Å²) in [7, 11) is -1.12. The Morgan fingerprint density at radius 3 is 2.85 bits per heavy atom. The van der Waals surface area contributed by atoms with Gasteiger partial charge in [0, 0.05) is 20.8 Å². The standard InChI is InChI=1S/C12H12Cl2N4OS/c13-9-1-4-11(14)8(5-9)6-20(19)7-12-15-16-17-18(12)10-2-3-10/h1,4-5,10H,2-3,6-7H2/t20-/m0/s1. The second-order valence-electron chi connectivity index (χ2n) is 4.74. The van der Waals surface area contributed by atoms with Gasteiger partial charge in [0.1, 0.15) is 0 Å². The van der Waals surface area contributed by atoms with Crippen LogP contribution in [-0.4, -0.2) is 24.4 Å². The Balaban J connectivity index is 1.70. The number of hydrogen-bond donors (Lipinski definition) is 0. The maximum atomic E-state index is 12.2. The van der Waals surface area contributed by atoms with Crippen molar-refractivity contribution in [2.75, 3.05) is 0 Å². The van der Waals surface area contributed by atoms with E-state index in [1.54, 1.807) is 22.9 Å². The maximum absolute atomic E-state index is 12.2. The molecule has 106 valence electrons. The summed E-state index contributed by atoms with van der Waals surface area (Å²) in [5.74, 6) is 1.34. The van der Waals surface area contributed by atoms with E-state index in [1.807, 2.05) is 0 Å². The van der Waals surface area contributed by atoms with E-state index < -0.39 is 10.8 Å². The summed E-state index contributed by atoms with van der Waals surface area (Å²) in [6, 6.07) is 5.55. The summed E-state index contributed by atoms with van der Waals surface area (Å²) >= 11 is 12.0. The summed E-state index contributed by atoms with van der Waals surface area (Å²) in [6.45, 7) is 0. The van der Waals surface area contributed by atoms with Crippen LogP contribution in [-0.2, 0) is 22.3 Å². The lowest BCUT2D eigenvalue weighted by Crippen LogP contribution is -2.08. The molecule has 3 rings (SSSR count). The van der Waals surface area contributed by atoms with Crippen molar-refractivity contribution in [2.24, 2.45) is 0 Å². The minimum absolute atomic E-state index is 0.326. The van der Waals surface area contributed by atoms with E-state index in [0.717, 1.165) is 18.4 Å². The molecule has 0 N–H and O–H groups in total. The summed E-state index contributed by atoms with van der Waals surface area (Å²) in [5.41, 5.74) is 0.781. The van der Waals surface area contributed by atoms with Crippen LogP contribution in [0.1, 0.15) is 30.3 Å². The lowest BCUT2D eigenvalue weighted by Gasteiger charge is -2.06. The third-order valence-corrected chi connectivity index (χ3v) is 4.89. The fourth-order valence-electron chi connectivity index (χ4n) is 1.93. The van der Waals surface area contributed by atoms with Gasteiger partial charge in [-0.1, -0.05) is 23.2 Å². The van der Waals surface area contributed by atoms with Crippen LogP contribution in [0.3, 0.4) is 0 Å². The molecular weight excluding hydrogens is 319 g/mol. The van der Waals surface area contributed by atoms with Gasteiger partial charge in [-0.05, 0) is 47.0 Å². The van der Waals surface area contributed by atoms with Crippen molar-refractivity contribution in [1.82, 2.24) is 20.2 Å². The van der Waals surface area contributed by atoms with E-state index in [-0.39, 0.29) is 0 Å². The van der Waals surface area contributed by atoms with Gasteiger partial charge in [0.05, 0.1) is 17.5 Å². The molecule has 5 nitrogen and oxygen atoms in total. The first-order valence-corrected chi connectivity index (χ1v) is 8.43. The SMILES string of the molecule is O=[S@@](Cc1cc(Cl)ccc1Cl)Cc1nnnn1C1CC1. The van der Waals surface area contributed by atoms with Crippen LogP contribution in [0.4, 0.5) is 0 Å². The molecule has 1 aliphatic rings. The highest BCUT2D eigenvalue weighted by Gasteiger charge is 2.28. The number of hydrogen-bond acceptors (Lipinski definition) is 4. The summed E-state index contributed by atoms with van der Waals surface area (Å²) in [4.78, 5) is 0. The minimum Gasteiger partial charge on any atom is -0.259 e. The maximum Gasteiger partial charge on any atom is 0.164 e. The van der Waals surface area contributed by atoms with Gasteiger partial charge in [-0.25, -0.2) is 4.68 Å². The van der Waals surface area contributed by atoms with Crippen LogP contribution >= 0.6 is 23.2 Å². The Morgan fingerprint density at radius 1 is 1.30 bits per heavy atom. The average Bonchev–Trinajstić information content (AvgIpc) is 3.15. The van der Waals surface area contributed by atoms with E-state index in [1.165, 1.54) is 0 Å². The van der Waals surface area contributed by atoms with Gasteiger partial charge in [-0.15, -0.1) is 5.10 Å². The summed E-state index contributed by atoms with van der Waals surface area (Å²) in [5, 5.41) is 12.7. The summed E-state index contributed by atoms with van der Waals surface area (Å²) in [6.07, 6.45) is 2.18. The number of aromatic nitrogens is 4. The van der Waals surface area contributed by atoms with E-state index in [4.69, 9.17) is 23.2 Å². The molecule has 2 aromatic rings. The van der Waals surface area contributed by atoms with E-state index in [2.05, 4.69) is 15.5 Å². The normalized spacial score (nSPS) is 16.3. The van der Waals surface area contributed by atoms with Crippen LogP contribution in [0.25, 0.3) is 0 Å². The molecule has 1 fully saturated rings. The van der Waals surface area contributed by atoms with Crippen molar-refractivity contribution >= 4 is 34.0 Å². The predicted molar refractivity (Wildman–Crippen MR) is 78.1 cm³/mol. The number of benzene rings is 1. The molecule has 0 radical (unpaired) electrons. The molecule has 1 aromatic heterocycles. The van der Waals surface area contributed by atoms with Gasteiger partial charge in [0.15, 0.2) is 5.82 Å². The molecule has 0 spiro atoms. The van der Waals surface area contributed by atoms with Gasteiger partial charge in [0.25, 0.3) is 0 Å². The first-order valence-electron chi connectivity index (χ1n) is 6.19. The highest BCUT2D eigenvalue weighted by molar-refractivity contribution is 7.83. The van der Waals surface area contributed by atoms with Gasteiger partial charge < -0.3 is 0 Å². The van der Waals surface area contributed by atoms with Crippen molar-refractivity contribution < 1.29 is 4.21 Å². The van der Waals surface area contributed by atoms with Crippen LogP contribution in [0, 0.1) is 0 Å². The van der Waals surface area contributed by atoms with Crippen molar-refractivity contribution in [1.29, 1.82) is 0 Å². The Bertz CT molecular complexity index is 657. The quantitative estimate of drug-likeness (QED) is 0.845. The van der Waals surface area contributed by atoms with Crippen molar-refractivity contribution in [3.05, 3.63) is 39.6 Å². The lowest BCUT2D eigenvalue weighted by molar-refractivity contribution is 0.591. The van der Waals surface area contributed by atoms with Gasteiger partial charge in [-0.3, -0.25) is 4.21 Å². The average molecular weight is 331 g/mol. The van der Waals surface area contributed by atoms with Gasteiger partial charge in [-0.2, -0.15) is 0 Å². The molecule has 0 aliphatic heterocycles. The fourth-order valence-corrected chi connectivity index (χ4v) is 3.56. The van der Waals surface area contributed by atoms with Crippen molar-refractivity contribution in [2.45, 2.75) is 30.4 Å². The highest BCUT2D eigenvalue weighted by Crippen LogP contribution is 2.34. The molecular formula is C12H12Cl2N4OS. The molecule has 8 heteroatoms. The molecule has 0 amide bonds. The smallest absolute Gasteiger partial charge is 0.164 e. The Hall–Kier alpha value is -0.980. The Labute approximate surface area is 128 Å². The third-order valence-electron chi connectivity index (χ3n) is 3.07. The molecule has 0 bridgehead atoms. The molecule has 0 unspecified atom stereocenters. The topological polar surface area (TPSA) is 60.7 Å². The monoisotopic (exact) mass is 330 g/mol. The molecule has 1 aliphatic carbocycles. The van der Waals surface area contributed by atoms with Crippen LogP contribution < -0.4 is 0 Å². The zero-order chi connectivity index (χ0) is 14.1. The van der Waals surface area contributed by atoms with Crippen molar-refractivity contribution in [3.63, 3.8) is 0 Å². The largest absolute Gasteiger partial charge is 0.259 e. The van der Waals surface area contributed by atoms with E-state index in [9.17, 15) is 4.21 Å². The van der Waals surface area contributed by atoms with Crippen LogP contribution in [0.2, 0.25) is 10.0 Å². The molecule has 1 aromatic carbocycles. The van der Waals surface area contributed by atoms with E-state index in [0.29, 0.717) is 33.4 Å².